The van der Waals surface area contributed by atoms with E-state index in [1.165, 1.54) is 7.11 Å². The SMILES string of the molecule is COc1cccc2c1COC(C(CC(C)C)NC(=O)C(O)C(O)C(N)CC(=O)O)C2=O. The first-order chi connectivity index (χ1) is 14.6. The number of Topliss-reactive ketones (excluding diaryl/α,β-unsaturated/α-hetero) is 1. The van der Waals surface area contributed by atoms with E-state index in [0.717, 1.165) is 0 Å². The van der Waals surface area contributed by atoms with Gasteiger partial charge in [-0.05, 0) is 18.4 Å². The molecule has 6 N–H and O–H groups in total. The summed E-state index contributed by atoms with van der Waals surface area (Å²) in [6.07, 6.45) is -5.00. The van der Waals surface area contributed by atoms with Crippen LogP contribution < -0.4 is 15.8 Å². The van der Waals surface area contributed by atoms with Crippen LogP contribution in [0.5, 0.6) is 5.75 Å². The van der Waals surface area contributed by atoms with Crippen LogP contribution in [0.3, 0.4) is 0 Å². The number of hydrogen-bond acceptors (Lipinski definition) is 8. The van der Waals surface area contributed by atoms with Gasteiger partial charge in [0.15, 0.2) is 11.9 Å². The largest absolute Gasteiger partial charge is 0.496 e. The fraction of sp³-hybridized carbons (Fsp3) is 0.571. The molecule has 1 aromatic carbocycles. The summed E-state index contributed by atoms with van der Waals surface area (Å²) >= 11 is 0. The highest BCUT2D eigenvalue weighted by atomic mass is 16.5. The minimum atomic E-state index is -1.96. The van der Waals surface area contributed by atoms with Gasteiger partial charge in [-0.25, -0.2) is 0 Å². The molecular formula is C21H30N2O8. The zero-order valence-corrected chi connectivity index (χ0v) is 17.8. The van der Waals surface area contributed by atoms with E-state index in [2.05, 4.69) is 5.32 Å². The highest BCUT2D eigenvalue weighted by Gasteiger charge is 2.39. The first-order valence-electron chi connectivity index (χ1n) is 10.0. The summed E-state index contributed by atoms with van der Waals surface area (Å²) < 4.78 is 11.0. The summed E-state index contributed by atoms with van der Waals surface area (Å²) in [6.45, 7) is 3.91. The lowest BCUT2D eigenvalue weighted by molar-refractivity contribution is -0.143. The molecule has 31 heavy (non-hydrogen) atoms. The number of aliphatic hydroxyl groups is 2. The number of rotatable bonds is 10. The van der Waals surface area contributed by atoms with E-state index < -0.39 is 48.7 Å². The Morgan fingerprint density at radius 1 is 1.32 bits per heavy atom. The number of benzene rings is 1. The minimum Gasteiger partial charge on any atom is -0.496 e. The second-order valence-electron chi connectivity index (χ2n) is 8.02. The van der Waals surface area contributed by atoms with E-state index >= 15 is 0 Å². The van der Waals surface area contributed by atoms with Gasteiger partial charge >= 0.3 is 5.97 Å². The second-order valence-corrected chi connectivity index (χ2v) is 8.02. The number of fused-ring (bicyclic) bond motifs is 1. The molecule has 1 aliphatic heterocycles. The smallest absolute Gasteiger partial charge is 0.305 e. The zero-order chi connectivity index (χ0) is 23.3. The number of aliphatic carboxylic acids is 1. The third-order valence-corrected chi connectivity index (χ3v) is 5.14. The number of nitrogens with two attached hydrogens (primary N) is 1. The number of hydrogen-bond donors (Lipinski definition) is 5. The van der Waals surface area contributed by atoms with E-state index in [-0.39, 0.29) is 18.3 Å². The molecule has 0 aromatic heterocycles. The molecule has 0 aliphatic carbocycles. The number of nitrogens with one attached hydrogen (secondary N) is 1. The second kappa shape index (κ2) is 10.7. The normalized spacial score (nSPS) is 19.8. The highest BCUT2D eigenvalue weighted by Crippen LogP contribution is 2.31. The van der Waals surface area contributed by atoms with Crippen molar-refractivity contribution < 1.29 is 39.2 Å². The standard InChI is InChI=1S/C21H30N2O8/c1-10(2)7-14(23-21(29)19(28)18(27)13(22)8-16(24)25)20-17(26)11-5-4-6-15(30-3)12(11)9-31-20/h4-6,10,13-14,18-20,27-28H,7-9,22H2,1-3H3,(H,23,29)(H,24,25). The van der Waals surface area contributed by atoms with Gasteiger partial charge in [0.25, 0.3) is 5.91 Å². The number of carboxylic acid groups (broad SMARTS) is 1. The minimum absolute atomic E-state index is 0.0738. The van der Waals surface area contributed by atoms with Crippen molar-refractivity contribution in [1.82, 2.24) is 5.32 Å². The molecule has 1 aliphatic rings. The Kier molecular flexibility index (Phi) is 8.52. The molecule has 0 bridgehead atoms. The maximum absolute atomic E-state index is 13.1. The van der Waals surface area contributed by atoms with Gasteiger partial charge in [0.05, 0.1) is 26.2 Å². The Morgan fingerprint density at radius 3 is 2.58 bits per heavy atom. The van der Waals surface area contributed by atoms with E-state index in [1.54, 1.807) is 18.2 Å². The van der Waals surface area contributed by atoms with Crippen LogP contribution in [0.25, 0.3) is 0 Å². The quantitative estimate of drug-likeness (QED) is 0.333. The van der Waals surface area contributed by atoms with E-state index in [1.807, 2.05) is 13.8 Å². The van der Waals surface area contributed by atoms with Gasteiger partial charge in [-0.2, -0.15) is 0 Å². The molecular weight excluding hydrogens is 408 g/mol. The van der Waals surface area contributed by atoms with Crippen LogP contribution in [0.15, 0.2) is 18.2 Å². The van der Waals surface area contributed by atoms with Crippen molar-refractivity contribution in [2.75, 3.05) is 7.11 Å². The van der Waals surface area contributed by atoms with Gasteiger partial charge in [0, 0.05) is 17.2 Å². The Hall–Kier alpha value is -2.53. The molecule has 10 nitrogen and oxygen atoms in total. The van der Waals surface area contributed by atoms with E-state index in [4.69, 9.17) is 20.3 Å². The molecule has 5 unspecified atom stereocenters. The van der Waals surface area contributed by atoms with Crippen LogP contribution >= 0.6 is 0 Å². The maximum Gasteiger partial charge on any atom is 0.305 e. The van der Waals surface area contributed by atoms with Crippen molar-refractivity contribution in [2.24, 2.45) is 11.7 Å². The lowest BCUT2D eigenvalue weighted by atomic mass is 9.89. The third-order valence-electron chi connectivity index (χ3n) is 5.14. The molecule has 2 rings (SSSR count). The number of ether oxygens (including phenoxy) is 2. The van der Waals surface area contributed by atoms with Gasteiger partial charge in [0.2, 0.25) is 0 Å². The molecule has 1 aromatic rings. The number of ketones is 1. The van der Waals surface area contributed by atoms with Crippen LogP contribution in [-0.4, -0.2) is 70.5 Å². The Morgan fingerprint density at radius 2 is 2.00 bits per heavy atom. The lowest BCUT2D eigenvalue weighted by Crippen LogP contribution is -2.56. The van der Waals surface area contributed by atoms with Crippen LogP contribution in [0.4, 0.5) is 0 Å². The van der Waals surface area contributed by atoms with Crippen molar-refractivity contribution >= 4 is 17.7 Å². The summed E-state index contributed by atoms with van der Waals surface area (Å²) in [6, 6.07) is 2.96. The number of aliphatic hydroxyl groups excluding tert-OH is 2. The zero-order valence-electron chi connectivity index (χ0n) is 17.8. The number of carboxylic acids is 1. The van der Waals surface area contributed by atoms with Gasteiger partial charge < -0.3 is 35.8 Å². The van der Waals surface area contributed by atoms with Crippen molar-refractivity contribution in [2.45, 2.75) is 63.7 Å². The monoisotopic (exact) mass is 438 g/mol. The molecule has 172 valence electrons. The van der Waals surface area contributed by atoms with Crippen LogP contribution in [0.1, 0.15) is 42.6 Å². The van der Waals surface area contributed by atoms with Gasteiger partial charge in [-0.3, -0.25) is 14.4 Å². The van der Waals surface area contributed by atoms with Crippen LogP contribution in [0, 0.1) is 5.92 Å². The van der Waals surface area contributed by atoms with Crippen molar-refractivity contribution in [3.8, 4) is 5.75 Å². The summed E-state index contributed by atoms with van der Waals surface area (Å²) in [5, 5.41) is 31.6. The average Bonchev–Trinajstić information content (AvgIpc) is 2.71. The average molecular weight is 438 g/mol. The van der Waals surface area contributed by atoms with Crippen molar-refractivity contribution in [3.63, 3.8) is 0 Å². The number of carbonyl (C=O) groups excluding carboxylic acids is 2. The molecule has 0 saturated heterocycles. The Bertz CT molecular complexity index is 813. The summed E-state index contributed by atoms with van der Waals surface area (Å²) in [5.41, 5.74) is 6.61. The van der Waals surface area contributed by atoms with Crippen molar-refractivity contribution in [3.05, 3.63) is 29.3 Å². The maximum atomic E-state index is 13.1. The topological polar surface area (TPSA) is 168 Å². The van der Waals surface area contributed by atoms with Crippen LogP contribution in [-0.2, 0) is 20.9 Å². The van der Waals surface area contributed by atoms with Gasteiger partial charge in [-0.15, -0.1) is 0 Å². The van der Waals surface area contributed by atoms with E-state index in [0.29, 0.717) is 23.3 Å². The molecule has 0 fully saturated rings. The summed E-state index contributed by atoms with van der Waals surface area (Å²) in [7, 11) is 1.50. The van der Waals surface area contributed by atoms with Gasteiger partial charge in [0.1, 0.15) is 18.0 Å². The molecule has 10 heteroatoms. The molecule has 0 radical (unpaired) electrons. The summed E-state index contributed by atoms with van der Waals surface area (Å²) in [4.78, 5) is 36.4. The predicted octanol–water partition coefficient (Wildman–Crippen LogP) is -0.169. The molecule has 5 atom stereocenters. The highest BCUT2D eigenvalue weighted by molar-refractivity contribution is 6.02. The third kappa shape index (κ3) is 6.01. The van der Waals surface area contributed by atoms with Crippen LogP contribution in [0.2, 0.25) is 0 Å². The molecule has 1 amide bonds. The van der Waals surface area contributed by atoms with Gasteiger partial charge in [-0.1, -0.05) is 26.0 Å². The Labute approximate surface area is 180 Å². The fourth-order valence-corrected chi connectivity index (χ4v) is 3.58. The number of methoxy groups -OCH3 is 1. The molecule has 0 saturated carbocycles. The molecule has 1 heterocycles. The first kappa shape index (κ1) is 24.7. The predicted molar refractivity (Wildman–Crippen MR) is 110 cm³/mol. The lowest BCUT2D eigenvalue weighted by Gasteiger charge is -2.33. The van der Waals surface area contributed by atoms with E-state index in [9.17, 15) is 24.6 Å². The number of amides is 1. The fourth-order valence-electron chi connectivity index (χ4n) is 3.58. The number of carbonyl (C=O) groups is 3. The Balaban J connectivity index is 2.19. The molecule has 0 spiro atoms. The first-order valence-corrected chi connectivity index (χ1v) is 10.0. The summed E-state index contributed by atoms with van der Waals surface area (Å²) in [5.74, 6) is -1.97. The van der Waals surface area contributed by atoms with Crippen molar-refractivity contribution in [1.29, 1.82) is 0 Å².